The topological polar surface area (TPSA) is 112 Å². The van der Waals surface area contributed by atoms with Crippen molar-refractivity contribution in [2.24, 2.45) is 16.0 Å². The Morgan fingerprint density at radius 2 is 2.07 bits per heavy atom. The number of fused-ring (bicyclic) bond motifs is 1. The van der Waals surface area contributed by atoms with Gasteiger partial charge in [-0.3, -0.25) is 14.5 Å². The Bertz CT molecular complexity index is 981. The van der Waals surface area contributed by atoms with Gasteiger partial charge in [0.05, 0.1) is 31.5 Å². The first kappa shape index (κ1) is 18.9. The second-order valence-corrected chi connectivity index (χ2v) is 8.18. The number of aliphatic imine (C=N–C) groups is 1. The Morgan fingerprint density at radius 1 is 1.33 bits per heavy atom. The third kappa shape index (κ3) is 3.95. The molecule has 2 aliphatic rings. The highest BCUT2D eigenvalue weighted by atomic mass is 32.2. The molecule has 0 aromatic heterocycles. The number of methoxy groups -OCH3 is 1. The normalized spacial score (nSPS) is 18.9. The molecular weight excluding hydrogens is 370 g/mol. The van der Waals surface area contributed by atoms with E-state index in [4.69, 9.17) is 4.74 Å². The molecule has 0 saturated heterocycles. The van der Waals surface area contributed by atoms with E-state index in [0.29, 0.717) is 29.5 Å². The molecule has 1 unspecified atom stereocenters. The number of hydrogen-bond donors (Lipinski definition) is 2. The van der Waals surface area contributed by atoms with Crippen molar-refractivity contribution in [3.8, 4) is 0 Å². The minimum Gasteiger partial charge on any atom is -0.469 e. The summed E-state index contributed by atoms with van der Waals surface area (Å²) < 4.78 is 30.3. The monoisotopic (exact) mass is 391 g/mol. The molecule has 2 aliphatic heterocycles. The number of sulfonamides is 1. The summed E-state index contributed by atoms with van der Waals surface area (Å²) in [7, 11) is -2.02. The van der Waals surface area contributed by atoms with Gasteiger partial charge in [-0.1, -0.05) is 6.07 Å². The maximum atomic E-state index is 12.0. The third-order valence-electron chi connectivity index (χ3n) is 4.39. The number of ether oxygens (including phenoxy) is 1. The van der Waals surface area contributed by atoms with Crippen molar-refractivity contribution in [2.75, 3.05) is 29.9 Å². The molecule has 2 heterocycles. The number of nitrogens with one attached hydrogen (secondary N) is 2. The van der Waals surface area contributed by atoms with Crippen LogP contribution in [-0.2, 0) is 19.6 Å². The highest BCUT2D eigenvalue weighted by Crippen LogP contribution is 2.32. The van der Waals surface area contributed by atoms with Crippen LogP contribution in [0.25, 0.3) is 0 Å². The first-order valence-corrected chi connectivity index (χ1v) is 10.1. The predicted octanol–water partition coefficient (Wildman–Crippen LogP) is 1.51. The lowest BCUT2D eigenvalue weighted by atomic mass is 10.0. The fourth-order valence-corrected chi connectivity index (χ4v) is 3.59. The largest absolute Gasteiger partial charge is 0.469 e. The molecular formula is C17H21N5O4S. The molecule has 0 fully saturated rings. The SMILES string of the molecule is COC(=O)C1CN2N=CN=C(Nc3cc(NS(C)(=O)=O)ccc3C)C2=C1C. The molecule has 3 rings (SSSR count). The van der Waals surface area contributed by atoms with Gasteiger partial charge in [0.25, 0.3) is 0 Å². The van der Waals surface area contributed by atoms with Gasteiger partial charge in [0, 0.05) is 5.69 Å². The quantitative estimate of drug-likeness (QED) is 0.753. The number of anilines is 2. The van der Waals surface area contributed by atoms with Crippen molar-refractivity contribution in [2.45, 2.75) is 13.8 Å². The van der Waals surface area contributed by atoms with Crippen LogP contribution in [0.1, 0.15) is 12.5 Å². The van der Waals surface area contributed by atoms with E-state index < -0.39 is 15.9 Å². The number of carbonyl (C=O) groups excluding carboxylic acids is 1. The summed E-state index contributed by atoms with van der Waals surface area (Å²) >= 11 is 0. The Kier molecular flexibility index (Phi) is 4.92. The van der Waals surface area contributed by atoms with Crippen molar-refractivity contribution >= 4 is 39.5 Å². The lowest BCUT2D eigenvalue weighted by molar-refractivity contribution is -0.144. The summed E-state index contributed by atoms with van der Waals surface area (Å²) in [5.74, 6) is -0.195. The highest BCUT2D eigenvalue weighted by molar-refractivity contribution is 7.92. The Labute approximate surface area is 157 Å². The number of benzene rings is 1. The van der Waals surface area contributed by atoms with E-state index in [9.17, 15) is 13.2 Å². The summed E-state index contributed by atoms with van der Waals surface area (Å²) in [4.78, 5) is 16.3. The van der Waals surface area contributed by atoms with Crippen molar-refractivity contribution in [3.63, 3.8) is 0 Å². The lowest BCUT2D eigenvalue weighted by Crippen LogP contribution is -2.29. The van der Waals surface area contributed by atoms with Gasteiger partial charge >= 0.3 is 5.97 Å². The molecule has 10 heteroatoms. The minimum atomic E-state index is -3.38. The number of carbonyl (C=O) groups is 1. The molecule has 0 saturated carbocycles. The minimum absolute atomic E-state index is 0.320. The molecule has 0 aliphatic carbocycles. The zero-order valence-electron chi connectivity index (χ0n) is 15.5. The summed E-state index contributed by atoms with van der Waals surface area (Å²) in [5.41, 5.74) is 3.57. The average Bonchev–Trinajstić information content (AvgIpc) is 2.94. The van der Waals surface area contributed by atoms with E-state index in [1.54, 1.807) is 23.2 Å². The molecule has 1 aromatic rings. The second kappa shape index (κ2) is 7.03. The molecule has 1 atom stereocenters. The molecule has 144 valence electrons. The molecule has 0 spiro atoms. The van der Waals surface area contributed by atoms with Gasteiger partial charge in [0.2, 0.25) is 10.0 Å². The average molecular weight is 391 g/mol. The Morgan fingerprint density at radius 3 is 2.74 bits per heavy atom. The van der Waals surface area contributed by atoms with Crippen LogP contribution < -0.4 is 10.0 Å². The van der Waals surface area contributed by atoms with E-state index in [1.165, 1.54) is 13.4 Å². The maximum Gasteiger partial charge on any atom is 0.314 e. The van der Waals surface area contributed by atoms with Gasteiger partial charge in [-0.15, -0.1) is 0 Å². The second-order valence-electron chi connectivity index (χ2n) is 6.43. The standard InChI is InChI=1S/C17H21N5O4S/c1-10-5-6-12(21-27(4,24)25)7-14(10)20-16-15-11(2)13(17(23)26-3)8-22(15)19-9-18-16/h5-7,9,13,21H,8H2,1-4H3,(H,18,19,20). The zero-order chi connectivity index (χ0) is 19.8. The van der Waals surface area contributed by atoms with Crippen LogP contribution in [-0.4, -0.2) is 51.5 Å². The van der Waals surface area contributed by atoms with Gasteiger partial charge in [-0.2, -0.15) is 5.10 Å². The first-order valence-electron chi connectivity index (χ1n) is 8.22. The van der Waals surface area contributed by atoms with Gasteiger partial charge in [-0.25, -0.2) is 13.4 Å². The number of rotatable bonds is 4. The van der Waals surface area contributed by atoms with Crippen LogP contribution in [0.4, 0.5) is 11.4 Å². The van der Waals surface area contributed by atoms with Crippen LogP contribution in [0.3, 0.4) is 0 Å². The highest BCUT2D eigenvalue weighted by Gasteiger charge is 2.37. The van der Waals surface area contributed by atoms with E-state index in [0.717, 1.165) is 17.4 Å². The molecule has 27 heavy (non-hydrogen) atoms. The van der Waals surface area contributed by atoms with E-state index in [2.05, 4.69) is 20.1 Å². The molecule has 0 bridgehead atoms. The predicted molar refractivity (Wildman–Crippen MR) is 104 cm³/mol. The van der Waals surface area contributed by atoms with E-state index in [-0.39, 0.29) is 5.97 Å². The number of hydrazone groups is 1. The fourth-order valence-electron chi connectivity index (χ4n) is 3.04. The van der Waals surface area contributed by atoms with Crippen LogP contribution in [0, 0.1) is 12.8 Å². The first-order chi connectivity index (χ1) is 12.7. The van der Waals surface area contributed by atoms with Crippen molar-refractivity contribution in [3.05, 3.63) is 35.0 Å². The molecule has 2 N–H and O–H groups in total. The van der Waals surface area contributed by atoms with Gasteiger partial charge in [-0.05, 0) is 37.1 Å². The van der Waals surface area contributed by atoms with Crippen molar-refractivity contribution in [1.29, 1.82) is 0 Å². The Hall–Kier alpha value is -2.88. The summed E-state index contributed by atoms with van der Waals surface area (Å²) in [6, 6.07) is 5.18. The molecule has 0 radical (unpaired) electrons. The van der Waals surface area contributed by atoms with Crippen LogP contribution in [0.5, 0.6) is 0 Å². The van der Waals surface area contributed by atoms with Crippen molar-refractivity contribution < 1.29 is 17.9 Å². The number of aryl methyl sites for hydroxylation is 1. The van der Waals surface area contributed by atoms with Gasteiger partial charge < -0.3 is 10.1 Å². The number of hydrogen-bond acceptors (Lipinski definition) is 8. The maximum absolute atomic E-state index is 12.0. The van der Waals surface area contributed by atoms with Crippen LogP contribution >= 0.6 is 0 Å². The Balaban J connectivity index is 1.92. The van der Waals surface area contributed by atoms with E-state index in [1.807, 2.05) is 13.8 Å². The molecule has 1 aromatic carbocycles. The third-order valence-corrected chi connectivity index (χ3v) is 5.00. The summed E-state index contributed by atoms with van der Waals surface area (Å²) in [5, 5.41) is 9.15. The molecule has 0 amide bonds. The van der Waals surface area contributed by atoms with Gasteiger partial charge in [0.15, 0.2) is 5.84 Å². The fraction of sp³-hybridized carbons (Fsp3) is 0.353. The zero-order valence-corrected chi connectivity index (χ0v) is 16.3. The van der Waals surface area contributed by atoms with Crippen molar-refractivity contribution in [1.82, 2.24) is 5.01 Å². The smallest absolute Gasteiger partial charge is 0.314 e. The van der Waals surface area contributed by atoms with Crippen LogP contribution in [0.15, 0.2) is 39.6 Å². The molecule has 9 nitrogen and oxygen atoms in total. The van der Waals surface area contributed by atoms with Crippen LogP contribution in [0.2, 0.25) is 0 Å². The number of esters is 1. The van der Waals surface area contributed by atoms with Gasteiger partial charge in [0.1, 0.15) is 12.0 Å². The summed E-state index contributed by atoms with van der Waals surface area (Å²) in [6.45, 7) is 4.14. The number of nitrogens with zero attached hydrogens (tertiary/aromatic N) is 3. The van der Waals surface area contributed by atoms with E-state index >= 15 is 0 Å². The number of amidine groups is 1. The summed E-state index contributed by atoms with van der Waals surface area (Å²) in [6.07, 6.45) is 2.51. The lowest BCUT2D eigenvalue weighted by Gasteiger charge is -2.22.